The Kier molecular flexibility index (Phi) is 23.0. The van der Waals surface area contributed by atoms with Crippen LogP contribution in [0.3, 0.4) is 0 Å². The number of halogens is 2. The highest BCUT2D eigenvalue weighted by molar-refractivity contribution is 5.85. The molecule has 0 aromatic carbocycles. The summed E-state index contributed by atoms with van der Waals surface area (Å²) in [6, 6.07) is -3.17. The van der Waals surface area contributed by atoms with Crippen molar-refractivity contribution in [3.8, 4) is 0 Å². The SMILES string of the molecule is COC(=O)[C@@H](N)Cc1cnc[nH]1.Cl.Cl.N[C@@H](Cc1cnc[nH]1)C(=O)O.N[C@@H](Cc1cnc[nH]1)C(=O)O.N[C@H](Cc1cnc[nH]1)C(=O)O. The Morgan fingerprint density at radius 1 is 0.574 bits per heavy atom. The van der Waals surface area contributed by atoms with Crippen LogP contribution in [0, 0.1) is 0 Å². The van der Waals surface area contributed by atoms with Crippen molar-refractivity contribution in [1.29, 1.82) is 0 Å². The van der Waals surface area contributed by atoms with Crippen molar-refractivity contribution in [3.05, 3.63) is 72.9 Å². The van der Waals surface area contributed by atoms with Crippen LogP contribution in [-0.2, 0) is 49.6 Å². The number of methoxy groups -OCH3 is 1. The summed E-state index contributed by atoms with van der Waals surface area (Å²) in [5.41, 5.74) is 24.3. The Labute approximate surface area is 280 Å². The molecule has 15 N–H and O–H groups in total. The van der Waals surface area contributed by atoms with Crippen molar-refractivity contribution in [2.45, 2.75) is 49.9 Å². The number of H-pyrrole nitrogens is 4. The zero-order valence-electron chi connectivity index (χ0n) is 25.1. The second kappa shape index (κ2) is 24.4. The first-order valence-corrected chi connectivity index (χ1v) is 13.0. The van der Waals surface area contributed by atoms with E-state index in [4.69, 9.17) is 38.3 Å². The summed E-state index contributed by atoms with van der Waals surface area (Å²) in [5, 5.41) is 25.3. The minimum absolute atomic E-state index is 0. The van der Waals surface area contributed by atoms with Gasteiger partial charge in [-0.05, 0) is 0 Å². The molecule has 0 spiro atoms. The monoisotopic (exact) mass is 706 g/mol. The Morgan fingerprint density at radius 2 is 0.809 bits per heavy atom. The number of carbonyl (C=O) groups is 4. The van der Waals surface area contributed by atoms with Crippen molar-refractivity contribution in [2.24, 2.45) is 22.9 Å². The van der Waals surface area contributed by atoms with Crippen LogP contribution in [-0.4, -0.2) is 110 Å². The number of carbonyl (C=O) groups excluding carboxylic acids is 1. The normalized spacial score (nSPS) is 12.2. The molecule has 4 atom stereocenters. The number of aliphatic carboxylic acids is 3. The highest BCUT2D eigenvalue weighted by atomic mass is 35.5. The van der Waals surface area contributed by atoms with Crippen LogP contribution in [0.4, 0.5) is 0 Å². The first kappa shape index (κ1) is 44.3. The quantitative estimate of drug-likeness (QED) is 0.0737. The Bertz CT molecular complexity index is 1250. The number of nitrogens with two attached hydrogens (primary N) is 4. The van der Waals surface area contributed by atoms with Gasteiger partial charge < -0.3 is 62.9 Å². The number of rotatable bonds is 12. The molecule has 47 heavy (non-hydrogen) atoms. The average molecular weight is 708 g/mol. The summed E-state index contributed by atoms with van der Waals surface area (Å²) in [6.07, 6.45) is 13.6. The fourth-order valence-corrected chi connectivity index (χ4v) is 3.03. The number of esters is 1. The Morgan fingerprint density at radius 3 is 0.979 bits per heavy atom. The third kappa shape index (κ3) is 19.3. The van der Waals surface area contributed by atoms with E-state index in [2.05, 4.69) is 44.6 Å². The lowest BCUT2D eigenvalue weighted by Gasteiger charge is -2.06. The van der Waals surface area contributed by atoms with Gasteiger partial charge in [-0.3, -0.25) is 19.2 Å². The molecule has 4 heterocycles. The van der Waals surface area contributed by atoms with Crippen LogP contribution in [0.2, 0.25) is 0 Å². The van der Waals surface area contributed by atoms with Gasteiger partial charge in [-0.15, -0.1) is 24.8 Å². The predicted octanol–water partition coefficient (Wildman–Crippen LogP) is -1.61. The van der Waals surface area contributed by atoms with Crippen molar-refractivity contribution < 1.29 is 39.2 Å². The lowest BCUT2D eigenvalue weighted by Crippen LogP contribution is -2.33. The molecular formula is C25H40Cl2N12O8. The average Bonchev–Trinajstić information content (AvgIpc) is 3.83. The minimum atomic E-state index is -1.00. The van der Waals surface area contributed by atoms with Crippen LogP contribution in [0.15, 0.2) is 50.1 Å². The van der Waals surface area contributed by atoms with E-state index in [1.54, 1.807) is 31.1 Å². The van der Waals surface area contributed by atoms with Gasteiger partial charge in [-0.1, -0.05) is 0 Å². The van der Waals surface area contributed by atoms with Crippen LogP contribution in [0.5, 0.6) is 0 Å². The van der Waals surface area contributed by atoms with Gasteiger partial charge in [0.2, 0.25) is 0 Å². The molecule has 0 saturated heterocycles. The first-order chi connectivity index (χ1) is 21.3. The zero-order chi connectivity index (χ0) is 33.8. The first-order valence-electron chi connectivity index (χ1n) is 13.0. The van der Waals surface area contributed by atoms with Gasteiger partial charge in [-0.25, -0.2) is 19.9 Å². The molecule has 0 radical (unpaired) electrons. The number of nitrogens with one attached hydrogen (secondary N) is 4. The van der Waals surface area contributed by atoms with Crippen LogP contribution in [0.1, 0.15) is 22.8 Å². The van der Waals surface area contributed by atoms with E-state index in [0.29, 0.717) is 6.42 Å². The molecular weight excluding hydrogens is 667 g/mol. The molecule has 0 aliphatic carbocycles. The van der Waals surface area contributed by atoms with E-state index in [-0.39, 0.29) is 44.1 Å². The number of imidazole rings is 4. The van der Waals surface area contributed by atoms with E-state index in [1.807, 2.05) is 0 Å². The second-order valence-corrected chi connectivity index (χ2v) is 9.09. The lowest BCUT2D eigenvalue weighted by atomic mass is 10.2. The molecule has 0 unspecified atom stereocenters. The number of carboxylic acids is 3. The third-order valence-corrected chi connectivity index (χ3v) is 5.43. The molecule has 0 saturated carbocycles. The largest absolute Gasteiger partial charge is 0.480 e. The lowest BCUT2D eigenvalue weighted by molar-refractivity contribution is -0.142. The van der Waals surface area contributed by atoms with Gasteiger partial charge in [0.1, 0.15) is 24.2 Å². The summed E-state index contributed by atoms with van der Waals surface area (Å²) in [4.78, 5) is 67.8. The fourth-order valence-electron chi connectivity index (χ4n) is 3.03. The molecule has 4 aromatic rings. The summed E-state index contributed by atoms with van der Waals surface area (Å²) < 4.78 is 4.46. The maximum atomic E-state index is 10.9. The van der Waals surface area contributed by atoms with Gasteiger partial charge >= 0.3 is 23.9 Å². The minimum Gasteiger partial charge on any atom is -0.480 e. The van der Waals surface area contributed by atoms with E-state index < -0.39 is 48.0 Å². The zero-order valence-corrected chi connectivity index (χ0v) is 26.7. The molecule has 22 heteroatoms. The van der Waals surface area contributed by atoms with Crippen molar-refractivity contribution >= 4 is 48.7 Å². The van der Waals surface area contributed by atoms with Gasteiger partial charge in [0, 0.05) is 73.2 Å². The molecule has 4 rings (SSSR count). The van der Waals surface area contributed by atoms with Crippen molar-refractivity contribution in [1.82, 2.24) is 39.9 Å². The summed E-state index contributed by atoms with van der Waals surface area (Å²) in [5.74, 6) is -3.41. The Balaban J connectivity index is 0. The predicted molar refractivity (Wildman–Crippen MR) is 170 cm³/mol. The van der Waals surface area contributed by atoms with Gasteiger partial charge in [-0.2, -0.15) is 0 Å². The standard InChI is InChI=1S/C7H11N3O2.3C6H9N3O2.2ClH/c1-12-7(11)6(8)2-5-3-9-4-10-5;3*7-5(6(10)11)1-4-2-8-3-9-4;;/h3-4,6H,2,8H2,1H3,(H,9,10);3*2-3,5H,1,7H2,(H,8,9)(H,10,11);2*1H/t6-;3*5-;;/m0100../s1. The van der Waals surface area contributed by atoms with Crippen LogP contribution >= 0.6 is 24.8 Å². The van der Waals surface area contributed by atoms with E-state index in [9.17, 15) is 19.2 Å². The second-order valence-electron chi connectivity index (χ2n) is 9.09. The number of ether oxygens (including phenoxy) is 1. The van der Waals surface area contributed by atoms with E-state index in [1.165, 1.54) is 26.1 Å². The molecule has 20 nitrogen and oxygen atoms in total. The van der Waals surface area contributed by atoms with E-state index >= 15 is 0 Å². The molecule has 0 amide bonds. The molecule has 0 bridgehead atoms. The van der Waals surface area contributed by atoms with Crippen molar-refractivity contribution in [3.63, 3.8) is 0 Å². The van der Waals surface area contributed by atoms with Gasteiger partial charge in [0.25, 0.3) is 0 Å². The maximum absolute atomic E-state index is 10.9. The van der Waals surface area contributed by atoms with E-state index in [0.717, 1.165) is 22.8 Å². The number of aromatic nitrogens is 8. The number of hydrogen-bond donors (Lipinski definition) is 11. The summed E-state index contributed by atoms with van der Waals surface area (Å²) in [6.45, 7) is 0. The topological polar surface area (TPSA) is 357 Å². The third-order valence-electron chi connectivity index (χ3n) is 5.43. The highest BCUT2D eigenvalue weighted by Crippen LogP contribution is 1.98. The van der Waals surface area contributed by atoms with Crippen molar-refractivity contribution in [2.75, 3.05) is 7.11 Å². The summed E-state index contributed by atoms with van der Waals surface area (Å²) in [7, 11) is 1.31. The maximum Gasteiger partial charge on any atom is 0.323 e. The smallest absolute Gasteiger partial charge is 0.323 e. The molecule has 262 valence electrons. The van der Waals surface area contributed by atoms with Gasteiger partial charge in [0.15, 0.2) is 0 Å². The summed E-state index contributed by atoms with van der Waals surface area (Å²) >= 11 is 0. The molecule has 0 aliphatic rings. The number of carboxylic acid groups (broad SMARTS) is 3. The number of hydrogen-bond acceptors (Lipinski definition) is 13. The molecule has 4 aromatic heterocycles. The molecule has 0 fully saturated rings. The molecule has 0 aliphatic heterocycles. The van der Waals surface area contributed by atoms with Crippen LogP contribution in [0.25, 0.3) is 0 Å². The van der Waals surface area contributed by atoms with Gasteiger partial charge in [0.05, 0.1) is 32.4 Å². The fraction of sp³-hybridized carbons (Fsp3) is 0.360. The Hall–Kier alpha value is -4.86. The number of nitrogens with zero attached hydrogens (tertiary/aromatic N) is 4. The van der Waals surface area contributed by atoms with Crippen LogP contribution < -0.4 is 22.9 Å². The highest BCUT2D eigenvalue weighted by Gasteiger charge is 2.15. The number of aromatic amines is 4.